The third kappa shape index (κ3) is 2.31. The number of hydrogen-bond acceptors (Lipinski definition) is 1. The smallest absolute Gasteiger partial charge is 0.296 e. The number of carbonyl (C=O) groups is 1. The van der Waals surface area contributed by atoms with Crippen LogP contribution in [0, 0.1) is 18.8 Å². The van der Waals surface area contributed by atoms with Crippen molar-refractivity contribution in [2.24, 2.45) is 7.05 Å². The fraction of sp³-hybridized carbons (Fsp3) is 0.389. The molecule has 3 nitrogen and oxygen atoms in total. The summed E-state index contributed by atoms with van der Waals surface area (Å²) in [7, 11) is 2.09. The molecule has 108 valence electrons. The molecule has 0 fully saturated rings. The molecule has 2 aromatic rings. The monoisotopic (exact) mass is 280 g/mol. The Bertz CT molecular complexity index is 774. The van der Waals surface area contributed by atoms with Crippen LogP contribution in [0.15, 0.2) is 18.2 Å². The molecule has 1 aromatic carbocycles. The van der Waals surface area contributed by atoms with Gasteiger partial charge < -0.3 is 9.88 Å². The van der Waals surface area contributed by atoms with Gasteiger partial charge in [-0.25, -0.2) is 0 Å². The predicted molar refractivity (Wildman–Crippen MR) is 84.9 cm³/mol. The van der Waals surface area contributed by atoms with Crippen LogP contribution in [0.3, 0.4) is 0 Å². The van der Waals surface area contributed by atoms with Gasteiger partial charge in [0, 0.05) is 23.6 Å². The van der Waals surface area contributed by atoms with Gasteiger partial charge in [0.2, 0.25) is 0 Å². The second kappa shape index (κ2) is 5.29. The van der Waals surface area contributed by atoms with Crippen molar-refractivity contribution in [2.45, 2.75) is 39.2 Å². The maximum Gasteiger partial charge on any atom is 0.296 e. The molecule has 0 saturated carbocycles. The van der Waals surface area contributed by atoms with E-state index < -0.39 is 0 Å². The molecule has 1 aliphatic rings. The lowest BCUT2D eigenvalue weighted by Crippen LogP contribution is -2.31. The summed E-state index contributed by atoms with van der Waals surface area (Å²) in [5, 5.41) is 4.39. The molecule has 0 saturated heterocycles. The molecule has 1 amide bonds. The average molecular weight is 280 g/mol. The lowest BCUT2D eigenvalue weighted by Gasteiger charge is -2.24. The van der Waals surface area contributed by atoms with Crippen molar-refractivity contribution in [1.29, 1.82) is 0 Å². The van der Waals surface area contributed by atoms with E-state index in [4.69, 9.17) is 0 Å². The maximum atomic E-state index is 11.8. The van der Waals surface area contributed by atoms with Crippen LogP contribution in [-0.2, 0) is 18.3 Å². The van der Waals surface area contributed by atoms with E-state index in [1.54, 1.807) is 6.92 Å². The molecule has 0 radical (unpaired) electrons. The van der Waals surface area contributed by atoms with E-state index in [0.29, 0.717) is 0 Å². The number of nitrogens with zero attached hydrogens (tertiary/aromatic N) is 1. The lowest BCUT2D eigenvalue weighted by molar-refractivity contribution is -0.116. The molecule has 1 atom stereocenters. The zero-order chi connectivity index (χ0) is 15.0. The van der Waals surface area contributed by atoms with Gasteiger partial charge in [-0.05, 0) is 56.7 Å². The Balaban J connectivity index is 2.10. The van der Waals surface area contributed by atoms with Crippen LogP contribution in [0.1, 0.15) is 42.6 Å². The summed E-state index contributed by atoms with van der Waals surface area (Å²) in [6.45, 7) is 3.81. The minimum Gasteiger partial charge on any atom is -0.346 e. The zero-order valence-corrected chi connectivity index (χ0v) is 12.8. The minimum absolute atomic E-state index is 0.0693. The Kier molecular flexibility index (Phi) is 3.47. The van der Waals surface area contributed by atoms with Crippen molar-refractivity contribution in [2.75, 3.05) is 0 Å². The highest BCUT2D eigenvalue weighted by molar-refractivity contribution is 5.94. The summed E-state index contributed by atoms with van der Waals surface area (Å²) in [6.07, 6.45) is 3.17. The number of rotatable bonds is 1. The highest BCUT2D eigenvalue weighted by Gasteiger charge is 2.27. The maximum absolute atomic E-state index is 11.8. The Morgan fingerprint density at radius 2 is 2.24 bits per heavy atom. The van der Waals surface area contributed by atoms with E-state index in [9.17, 15) is 4.79 Å². The molecule has 0 bridgehead atoms. The summed E-state index contributed by atoms with van der Waals surface area (Å²) in [6, 6.07) is 6.64. The Labute approximate surface area is 125 Å². The van der Waals surface area contributed by atoms with E-state index in [1.807, 2.05) is 0 Å². The van der Waals surface area contributed by atoms with E-state index >= 15 is 0 Å². The van der Waals surface area contributed by atoms with Crippen molar-refractivity contribution >= 4 is 16.8 Å². The molecule has 1 unspecified atom stereocenters. The molecule has 1 heterocycles. The van der Waals surface area contributed by atoms with Crippen LogP contribution < -0.4 is 5.32 Å². The van der Waals surface area contributed by atoms with Crippen molar-refractivity contribution in [3.8, 4) is 11.8 Å². The van der Waals surface area contributed by atoms with Crippen LogP contribution >= 0.6 is 0 Å². The fourth-order valence-corrected chi connectivity index (χ4v) is 3.43. The van der Waals surface area contributed by atoms with Crippen molar-refractivity contribution in [1.82, 2.24) is 9.88 Å². The van der Waals surface area contributed by atoms with E-state index in [-0.39, 0.29) is 11.9 Å². The van der Waals surface area contributed by atoms with E-state index in [2.05, 4.69) is 53.9 Å². The number of nitrogens with one attached hydrogen (secondary N) is 1. The van der Waals surface area contributed by atoms with Crippen LogP contribution in [0.4, 0.5) is 0 Å². The van der Waals surface area contributed by atoms with Gasteiger partial charge in [0.15, 0.2) is 0 Å². The number of benzene rings is 1. The fourth-order valence-electron chi connectivity index (χ4n) is 3.43. The summed E-state index contributed by atoms with van der Waals surface area (Å²) in [5.74, 6) is 5.05. The Morgan fingerprint density at radius 3 is 3.00 bits per heavy atom. The number of fused-ring (bicyclic) bond motifs is 3. The van der Waals surface area contributed by atoms with Gasteiger partial charge in [-0.3, -0.25) is 4.79 Å². The molecule has 3 heteroatoms. The number of aromatic nitrogens is 1. The van der Waals surface area contributed by atoms with Gasteiger partial charge in [0.25, 0.3) is 5.91 Å². The van der Waals surface area contributed by atoms with Crippen molar-refractivity contribution < 1.29 is 4.79 Å². The van der Waals surface area contributed by atoms with Gasteiger partial charge in [-0.2, -0.15) is 0 Å². The molecular weight excluding hydrogens is 260 g/mol. The quantitative estimate of drug-likeness (QED) is 0.801. The molecular formula is C18H20N2O. The number of aryl methyl sites for hydroxylation is 3. The second-order valence-electron chi connectivity index (χ2n) is 5.74. The molecule has 21 heavy (non-hydrogen) atoms. The van der Waals surface area contributed by atoms with Crippen LogP contribution in [0.2, 0.25) is 0 Å². The van der Waals surface area contributed by atoms with Gasteiger partial charge in [-0.1, -0.05) is 17.6 Å². The molecule has 3 rings (SSSR count). The molecule has 1 N–H and O–H groups in total. The van der Waals surface area contributed by atoms with Gasteiger partial charge in [-0.15, -0.1) is 0 Å². The first-order chi connectivity index (χ1) is 10.1. The molecule has 1 aromatic heterocycles. The molecule has 0 aliphatic heterocycles. The van der Waals surface area contributed by atoms with Gasteiger partial charge in [0.1, 0.15) is 0 Å². The van der Waals surface area contributed by atoms with Crippen molar-refractivity contribution in [3.05, 3.63) is 35.0 Å². The first-order valence-corrected chi connectivity index (χ1v) is 7.43. The van der Waals surface area contributed by atoms with E-state index in [1.165, 1.54) is 27.7 Å². The summed E-state index contributed by atoms with van der Waals surface area (Å²) >= 11 is 0. The first-order valence-electron chi connectivity index (χ1n) is 7.43. The number of amides is 1. The highest BCUT2D eigenvalue weighted by atomic mass is 16.1. The van der Waals surface area contributed by atoms with Crippen LogP contribution in [0.25, 0.3) is 10.9 Å². The molecule has 1 aliphatic carbocycles. The third-order valence-corrected chi connectivity index (χ3v) is 4.30. The zero-order valence-electron chi connectivity index (χ0n) is 12.8. The highest BCUT2D eigenvalue weighted by Crippen LogP contribution is 2.37. The Morgan fingerprint density at radius 1 is 1.43 bits per heavy atom. The minimum atomic E-state index is -0.184. The lowest BCUT2D eigenvalue weighted by atomic mass is 9.91. The number of hydrogen-bond donors (Lipinski definition) is 1. The predicted octanol–water partition coefficient (Wildman–Crippen LogP) is 3.00. The molecule has 0 spiro atoms. The normalized spacial score (nSPS) is 17.0. The first kappa shape index (κ1) is 13.8. The second-order valence-corrected chi connectivity index (χ2v) is 5.74. The average Bonchev–Trinajstić information content (AvgIpc) is 2.73. The SMILES string of the molecule is CC#CC(=O)NC1CCCc2c1n(C)c1ccc(C)cc21. The van der Waals surface area contributed by atoms with Gasteiger partial charge in [0.05, 0.1) is 6.04 Å². The summed E-state index contributed by atoms with van der Waals surface area (Å²) in [4.78, 5) is 11.8. The number of carbonyl (C=O) groups excluding carboxylic acids is 1. The Hall–Kier alpha value is -2.21. The van der Waals surface area contributed by atoms with Crippen LogP contribution in [-0.4, -0.2) is 10.5 Å². The topological polar surface area (TPSA) is 34.0 Å². The van der Waals surface area contributed by atoms with Gasteiger partial charge >= 0.3 is 0 Å². The standard InChI is InChI=1S/C18H20N2O/c1-4-6-17(21)19-15-8-5-7-13-14-11-12(2)9-10-16(14)20(3)18(13)15/h9-11,15H,5,7-8H2,1-3H3,(H,19,21). The van der Waals surface area contributed by atoms with Crippen LogP contribution in [0.5, 0.6) is 0 Å². The summed E-state index contributed by atoms with van der Waals surface area (Å²) < 4.78 is 2.23. The van der Waals surface area contributed by atoms with E-state index in [0.717, 1.165) is 19.3 Å². The third-order valence-electron chi connectivity index (χ3n) is 4.30. The van der Waals surface area contributed by atoms with Crippen molar-refractivity contribution in [3.63, 3.8) is 0 Å². The largest absolute Gasteiger partial charge is 0.346 e. The summed E-state index contributed by atoms with van der Waals surface area (Å²) in [5.41, 5.74) is 5.15.